The summed E-state index contributed by atoms with van der Waals surface area (Å²) in [4.78, 5) is 11.4. The molecular formula is C19H26O3Si. The smallest absolute Gasteiger partial charge is 0.250 e. The molecule has 1 atom stereocenters. The van der Waals surface area contributed by atoms with Crippen molar-refractivity contribution in [2.45, 2.75) is 64.1 Å². The van der Waals surface area contributed by atoms with Gasteiger partial charge >= 0.3 is 0 Å². The number of fused-ring (bicyclic) bond motifs is 3. The molecule has 23 heavy (non-hydrogen) atoms. The van der Waals surface area contributed by atoms with Gasteiger partial charge in [-0.3, -0.25) is 0 Å². The van der Waals surface area contributed by atoms with Crippen LogP contribution in [0.1, 0.15) is 50.9 Å². The molecule has 0 saturated carbocycles. The van der Waals surface area contributed by atoms with Gasteiger partial charge < -0.3 is 13.6 Å². The van der Waals surface area contributed by atoms with E-state index in [1.807, 2.05) is 12.1 Å². The van der Waals surface area contributed by atoms with Gasteiger partial charge in [-0.1, -0.05) is 20.8 Å². The molecule has 0 aliphatic heterocycles. The number of carbonyl (C=O) groups excluding carboxylic acids is 1. The van der Waals surface area contributed by atoms with Gasteiger partial charge in [0, 0.05) is 23.3 Å². The number of furan rings is 1. The molecule has 0 fully saturated rings. The average Bonchev–Trinajstić information content (AvgIpc) is 2.83. The van der Waals surface area contributed by atoms with E-state index in [0.717, 1.165) is 53.6 Å². The lowest BCUT2D eigenvalue weighted by atomic mass is 9.86. The standard InChI is InChI=1S/C19H26O3Si/c1-19(2,3)23(4,5)22-14-9-10-16-15(11-14)18-13(12-20)7-6-8-17(18)21-16/h9-13H,6-8H2,1-5H3/t13-/m0/s1. The number of hydrogen-bond donors (Lipinski definition) is 0. The van der Waals surface area contributed by atoms with Crippen LogP contribution in [0.5, 0.6) is 5.75 Å². The fraction of sp³-hybridized carbons (Fsp3) is 0.526. The van der Waals surface area contributed by atoms with Crippen LogP contribution in [0.3, 0.4) is 0 Å². The number of rotatable bonds is 3. The normalized spacial score (nSPS) is 18.7. The fourth-order valence-corrected chi connectivity index (χ4v) is 4.04. The molecule has 3 nitrogen and oxygen atoms in total. The summed E-state index contributed by atoms with van der Waals surface area (Å²) >= 11 is 0. The first-order valence-corrected chi connectivity index (χ1v) is 11.3. The highest BCUT2D eigenvalue weighted by molar-refractivity contribution is 6.74. The second-order valence-corrected chi connectivity index (χ2v) is 12.8. The third kappa shape index (κ3) is 2.85. The van der Waals surface area contributed by atoms with E-state index in [1.165, 1.54) is 0 Å². The first kappa shape index (κ1) is 16.3. The van der Waals surface area contributed by atoms with Gasteiger partial charge in [-0.25, -0.2) is 0 Å². The van der Waals surface area contributed by atoms with Gasteiger partial charge in [0.1, 0.15) is 23.4 Å². The van der Waals surface area contributed by atoms with Gasteiger partial charge in [-0.2, -0.15) is 0 Å². The molecule has 0 saturated heterocycles. The Kier molecular flexibility index (Phi) is 3.91. The minimum absolute atomic E-state index is 0.0388. The van der Waals surface area contributed by atoms with Crippen LogP contribution in [-0.4, -0.2) is 14.6 Å². The second kappa shape index (κ2) is 5.51. The Morgan fingerprint density at radius 3 is 2.70 bits per heavy atom. The van der Waals surface area contributed by atoms with Crippen molar-refractivity contribution in [3.8, 4) is 5.75 Å². The SMILES string of the molecule is CC(C)(C)[Si](C)(C)Oc1ccc2oc3c(c2c1)[C@H](C=O)CCC3. The maximum absolute atomic E-state index is 11.4. The predicted molar refractivity (Wildman–Crippen MR) is 95.8 cm³/mol. The number of aldehydes is 1. The Morgan fingerprint density at radius 2 is 2.04 bits per heavy atom. The van der Waals surface area contributed by atoms with Crippen molar-refractivity contribution in [2.75, 3.05) is 0 Å². The van der Waals surface area contributed by atoms with Gasteiger partial charge in [-0.15, -0.1) is 0 Å². The van der Waals surface area contributed by atoms with Gasteiger partial charge in [0.2, 0.25) is 8.32 Å². The predicted octanol–water partition coefficient (Wildman–Crippen LogP) is 5.44. The molecule has 0 unspecified atom stereocenters. The topological polar surface area (TPSA) is 39.4 Å². The third-order valence-electron chi connectivity index (χ3n) is 5.41. The summed E-state index contributed by atoms with van der Waals surface area (Å²) in [6.07, 6.45) is 3.92. The molecule has 0 amide bonds. The van der Waals surface area contributed by atoms with Crippen LogP contribution in [0, 0.1) is 0 Å². The maximum atomic E-state index is 11.4. The summed E-state index contributed by atoms with van der Waals surface area (Å²) in [6.45, 7) is 11.2. The van der Waals surface area contributed by atoms with Crippen LogP contribution < -0.4 is 4.43 Å². The molecule has 1 heterocycles. The van der Waals surface area contributed by atoms with Crippen molar-refractivity contribution in [3.63, 3.8) is 0 Å². The highest BCUT2D eigenvalue weighted by Gasteiger charge is 2.39. The van der Waals surface area contributed by atoms with Gasteiger partial charge in [0.05, 0.1) is 0 Å². The van der Waals surface area contributed by atoms with Crippen LogP contribution in [0.15, 0.2) is 22.6 Å². The van der Waals surface area contributed by atoms with Gasteiger partial charge in [0.25, 0.3) is 0 Å². The van der Waals surface area contributed by atoms with Crippen molar-refractivity contribution in [3.05, 3.63) is 29.5 Å². The summed E-state index contributed by atoms with van der Waals surface area (Å²) in [5.74, 6) is 1.83. The number of aryl methyl sites for hydroxylation is 1. The van der Waals surface area contributed by atoms with Gasteiger partial charge in [-0.05, 0) is 49.2 Å². The average molecular weight is 331 g/mol. The van der Waals surface area contributed by atoms with Crippen LogP contribution in [0.2, 0.25) is 18.1 Å². The van der Waals surface area contributed by atoms with Crippen LogP contribution >= 0.6 is 0 Å². The van der Waals surface area contributed by atoms with Crippen LogP contribution in [0.4, 0.5) is 0 Å². The molecule has 3 rings (SSSR count). The largest absolute Gasteiger partial charge is 0.543 e. The molecule has 4 heteroatoms. The van der Waals surface area contributed by atoms with Crippen molar-refractivity contribution < 1.29 is 13.6 Å². The Balaban J connectivity index is 2.04. The molecule has 2 aromatic rings. The maximum Gasteiger partial charge on any atom is 0.250 e. The molecule has 1 aromatic heterocycles. The molecule has 1 aliphatic carbocycles. The van der Waals surface area contributed by atoms with E-state index >= 15 is 0 Å². The first-order chi connectivity index (χ1) is 10.7. The zero-order valence-corrected chi connectivity index (χ0v) is 15.7. The minimum Gasteiger partial charge on any atom is -0.543 e. The van der Waals surface area contributed by atoms with Crippen molar-refractivity contribution >= 4 is 25.6 Å². The van der Waals surface area contributed by atoms with Crippen molar-refractivity contribution in [1.82, 2.24) is 0 Å². The zero-order chi connectivity index (χ0) is 16.8. The molecule has 0 radical (unpaired) electrons. The third-order valence-corrected chi connectivity index (χ3v) is 9.77. The van der Waals surface area contributed by atoms with E-state index in [1.54, 1.807) is 0 Å². The Morgan fingerprint density at radius 1 is 1.30 bits per heavy atom. The van der Waals surface area contributed by atoms with E-state index in [9.17, 15) is 4.79 Å². The summed E-state index contributed by atoms with van der Waals surface area (Å²) in [6, 6.07) is 6.05. The molecule has 1 aliphatic rings. The Bertz CT molecular complexity index is 737. The van der Waals surface area contributed by atoms with E-state index in [2.05, 4.69) is 39.9 Å². The van der Waals surface area contributed by atoms with Gasteiger partial charge in [0.15, 0.2) is 0 Å². The van der Waals surface area contributed by atoms with Crippen molar-refractivity contribution in [1.29, 1.82) is 0 Å². The van der Waals surface area contributed by atoms with E-state index in [4.69, 9.17) is 8.84 Å². The Hall–Kier alpha value is -1.55. The van der Waals surface area contributed by atoms with E-state index < -0.39 is 8.32 Å². The second-order valence-electron chi connectivity index (χ2n) is 8.09. The first-order valence-electron chi connectivity index (χ1n) is 8.42. The minimum atomic E-state index is -1.87. The summed E-state index contributed by atoms with van der Waals surface area (Å²) in [5.41, 5.74) is 1.95. The summed E-state index contributed by atoms with van der Waals surface area (Å²) < 4.78 is 12.4. The molecule has 0 bridgehead atoms. The Labute approximate surface area is 139 Å². The van der Waals surface area contributed by atoms with Crippen molar-refractivity contribution in [2.24, 2.45) is 0 Å². The molecule has 124 valence electrons. The van der Waals surface area contributed by atoms with Crippen LogP contribution in [-0.2, 0) is 11.2 Å². The summed E-state index contributed by atoms with van der Waals surface area (Å²) in [5, 5.41) is 1.20. The molecule has 1 aromatic carbocycles. The molecule has 0 spiro atoms. The van der Waals surface area contributed by atoms with Crippen LogP contribution in [0.25, 0.3) is 11.0 Å². The van der Waals surface area contributed by atoms with E-state index in [-0.39, 0.29) is 11.0 Å². The number of carbonyl (C=O) groups is 1. The quantitative estimate of drug-likeness (QED) is 0.556. The summed E-state index contributed by atoms with van der Waals surface area (Å²) in [7, 11) is -1.87. The highest BCUT2D eigenvalue weighted by Crippen LogP contribution is 2.41. The molecule has 0 N–H and O–H groups in total. The monoisotopic (exact) mass is 330 g/mol. The van der Waals surface area contributed by atoms with E-state index in [0.29, 0.717) is 0 Å². The fourth-order valence-electron chi connectivity index (χ4n) is 3.01. The zero-order valence-electron chi connectivity index (χ0n) is 14.7. The lowest BCUT2D eigenvalue weighted by Crippen LogP contribution is -2.43. The number of benzene rings is 1. The molecular weight excluding hydrogens is 304 g/mol. The highest BCUT2D eigenvalue weighted by atomic mass is 28.4. The lowest BCUT2D eigenvalue weighted by Gasteiger charge is -2.36. The number of hydrogen-bond acceptors (Lipinski definition) is 3. The lowest BCUT2D eigenvalue weighted by molar-refractivity contribution is -0.109.